The predicted octanol–water partition coefficient (Wildman–Crippen LogP) is 1.51. The summed E-state index contributed by atoms with van der Waals surface area (Å²) in [5.74, 6) is -0.0324. The lowest BCUT2D eigenvalue weighted by Gasteiger charge is -2.25. The van der Waals surface area contributed by atoms with Gasteiger partial charge in [-0.05, 0) is 38.5 Å². The van der Waals surface area contributed by atoms with Crippen LogP contribution in [0.5, 0.6) is 0 Å². The molecule has 1 saturated heterocycles. The van der Waals surface area contributed by atoms with E-state index in [1.807, 2.05) is 13.8 Å². The van der Waals surface area contributed by atoms with E-state index in [2.05, 4.69) is 4.98 Å². The normalized spacial score (nSPS) is 28.1. The maximum atomic E-state index is 12.6. The van der Waals surface area contributed by atoms with Crippen molar-refractivity contribution in [3.8, 4) is 0 Å². The second-order valence-corrected chi connectivity index (χ2v) is 6.35. The minimum absolute atomic E-state index is 0.0321. The molecule has 0 spiro atoms. The maximum absolute atomic E-state index is 12.6. The molecule has 1 aliphatic carbocycles. The number of carboxylic acid groups (broad SMARTS) is 1. The SMILES string of the molecule is CC(C)n1ccnc(N2CC3CCCC3C2C(=O)O)c1=O. The van der Waals surface area contributed by atoms with Crippen LogP contribution >= 0.6 is 0 Å². The van der Waals surface area contributed by atoms with Crippen molar-refractivity contribution in [2.24, 2.45) is 11.8 Å². The number of aromatic nitrogens is 2. The van der Waals surface area contributed by atoms with Crippen molar-refractivity contribution in [2.45, 2.75) is 45.2 Å². The minimum Gasteiger partial charge on any atom is -0.480 e. The molecule has 1 aromatic heterocycles. The maximum Gasteiger partial charge on any atom is 0.326 e. The molecule has 6 nitrogen and oxygen atoms in total. The summed E-state index contributed by atoms with van der Waals surface area (Å²) in [7, 11) is 0. The number of aliphatic carboxylic acids is 1. The fourth-order valence-corrected chi connectivity index (χ4v) is 3.86. The van der Waals surface area contributed by atoms with Gasteiger partial charge in [0.2, 0.25) is 0 Å². The summed E-state index contributed by atoms with van der Waals surface area (Å²) in [6.45, 7) is 4.49. The van der Waals surface area contributed by atoms with Gasteiger partial charge in [-0.15, -0.1) is 0 Å². The van der Waals surface area contributed by atoms with E-state index in [1.165, 1.54) is 0 Å². The Morgan fingerprint density at radius 2 is 2.19 bits per heavy atom. The second-order valence-electron chi connectivity index (χ2n) is 6.35. The van der Waals surface area contributed by atoms with Gasteiger partial charge >= 0.3 is 5.97 Å². The molecular formula is C15H21N3O3. The number of anilines is 1. The number of hydrogen-bond donors (Lipinski definition) is 1. The molecule has 2 heterocycles. The quantitative estimate of drug-likeness (QED) is 0.913. The predicted molar refractivity (Wildman–Crippen MR) is 78.5 cm³/mol. The first-order valence-corrected chi connectivity index (χ1v) is 7.57. The summed E-state index contributed by atoms with van der Waals surface area (Å²) in [6.07, 6.45) is 6.32. The first-order valence-electron chi connectivity index (χ1n) is 7.57. The van der Waals surface area contributed by atoms with E-state index in [-0.39, 0.29) is 23.3 Å². The van der Waals surface area contributed by atoms with Crippen molar-refractivity contribution in [1.29, 1.82) is 0 Å². The van der Waals surface area contributed by atoms with Crippen LogP contribution in [0.25, 0.3) is 0 Å². The van der Waals surface area contributed by atoms with Crippen LogP contribution in [0.2, 0.25) is 0 Å². The van der Waals surface area contributed by atoms with Gasteiger partial charge in [-0.1, -0.05) is 6.42 Å². The molecule has 0 aromatic carbocycles. The number of nitrogens with zero attached hydrogens (tertiary/aromatic N) is 3. The fourth-order valence-electron chi connectivity index (χ4n) is 3.86. The van der Waals surface area contributed by atoms with Gasteiger partial charge in [-0.25, -0.2) is 9.78 Å². The van der Waals surface area contributed by atoms with E-state index in [0.717, 1.165) is 19.3 Å². The van der Waals surface area contributed by atoms with Gasteiger partial charge in [-0.3, -0.25) is 4.79 Å². The first-order chi connectivity index (χ1) is 10.0. The lowest BCUT2D eigenvalue weighted by Crippen LogP contribution is -2.43. The van der Waals surface area contributed by atoms with Crippen LogP contribution in [0, 0.1) is 11.8 Å². The zero-order chi connectivity index (χ0) is 15.1. The Hall–Kier alpha value is -1.85. The van der Waals surface area contributed by atoms with Crippen molar-refractivity contribution in [2.75, 3.05) is 11.4 Å². The Labute approximate surface area is 123 Å². The molecule has 1 saturated carbocycles. The Morgan fingerprint density at radius 3 is 2.86 bits per heavy atom. The number of carbonyl (C=O) groups is 1. The van der Waals surface area contributed by atoms with Gasteiger partial charge in [0.15, 0.2) is 5.82 Å². The third kappa shape index (κ3) is 2.22. The Balaban J connectivity index is 2.02. The Morgan fingerprint density at radius 1 is 1.43 bits per heavy atom. The van der Waals surface area contributed by atoms with E-state index in [1.54, 1.807) is 21.9 Å². The molecule has 3 atom stereocenters. The summed E-state index contributed by atoms with van der Waals surface area (Å²) >= 11 is 0. The molecule has 0 amide bonds. The highest BCUT2D eigenvalue weighted by Crippen LogP contribution is 2.43. The Bertz CT molecular complexity index is 610. The average molecular weight is 291 g/mol. The zero-order valence-electron chi connectivity index (χ0n) is 12.4. The van der Waals surface area contributed by atoms with E-state index in [4.69, 9.17) is 0 Å². The van der Waals surface area contributed by atoms with E-state index >= 15 is 0 Å². The third-order valence-electron chi connectivity index (χ3n) is 4.82. The molecule has 1 aromatic rings. The molecule has 6 heteroatoms. The molecule has 114 valence electrons. The lowest BCUT2D eigenvalue weighted by molar-refractivity contribution is -0.139. The number of rotatable bonds is 3. The summed E-state index contributed by atoms with van der Waals surface area (Å²) < 4.78 is 1.61. The third-order valence-corrected chi connectivity index (χ3v) is 4.82. The van der Waals surface area contributed by atoms with Gasteiger partial charge in [-0.2, -0.15) is 0 Å². The molecule has 3 rings (SSSR count). The van der Waals surface area contributed by atoms with Gasteiger partial charge in [0.05, 0.1) is 0 Å². The van der Waals surface area contributed by atoms with E-state index in [9.17, 15) is 14.7 Å². The van der Waals surface area contributed by atoms with E-state index in [0.29, 0.717) is 12.5 Å². The summed E-state index contributed by atoms with van der Waals surface area (Å²) in [6, 6.07) is -0.578. The number of fused-ring (bicyclic) bond motifs is 1. The molecule has 21 heavy (non-hydrogen) atoms. The van der Waals surface area contributed by atoms with Crippen LogP contribution in [-0.4, -0.2) is 33.2 Å². The standard InChI is InChI=1S/C15H21N3O3/c1-9(2)17-7-6-16-13(14(17)19)18-8-10-4-3-5-11(10)12(18)15(20)21/h6-7,9-12H,3-5,8H2,1-2H3,(H,20,21). The zero-order valence-corrected chi connectivity index (χ0v) is 12.4. The number of carboxylic acids is 1. The second kappa shape index (κ2) is 5.16. The van der Waals surface area contributed by atoms with Gasteiger partial charge in [0.25, 0.3) is 5.56 Å². The molecule has 1 N–H and O–H groups in total. The molecule has 2 fully saturated rings. The van der Waals surface area contributed by atoms with Crippen LogP contribution in [0.3, 0.4) is 0 Å². The van der Waals surface area contributed by atoms with Crippen LogP contribution < -0.4 is 10.5 Å². The molecule has 0 bridgehead atoms. The van der Waals surface area contributed by atoms with Crippen molar-refractivity contribution in [1.82, 2.24) is 9.55 Å². The highest BCUT2D eigenvalue weighted by molar-refractivity contribution is 5.79. The fraction of sp³-hybridized carbons (Fsp3) is 0.667. The highest BCUT2D eigenvalue weighted by atomic mass is 16.4. The monoisotopic (exact) mass is 291 g/mol. The number of hydrogen-bond acceptors (Lipinski definition) is 4. The summed E-state index contributed by atoms with van der Waals surface area (Å²) in [4.78, 5) is 30.1. The van der Waals surface area contributed by atoms with Crippen LogP contribution in [0.15, 0.2) is 17.2 Å². The van der Waals surface area contributed by atoms with Crippen molar-refractivity contribution >= 4 is 11.8 Å². The molecule has 1 aliphatic heterocycles. The van der Waals surface area contributed by atoms with Crippen molar-refractivity contribution in [3.63, 3.8) is 0 Å². The van der Waals surface area contributed by atoms with Crippen LogP contribution in [0.4, 0.5) is 5.82 Å². The van der Waals surface area contributed by atoms with Crippen molar-refractivity contribution < 1.29 is 9.90 Å². The molecule has 0 radical (unpaired) electrons. The van der Waals surface area contributed by atoms with Crippen LogP contribution in [0.1, 0.15) is 39.2 Å². The molecule has 2 aliphatic rings. The van der Waals surface area contributed by atoms with E-state index < -0.39 is 12.0 Å². The smallest absolute Gasteiger partial charge is 0.326 e. The van der Waals surface area contributed by atoms with Gasteiger partial charge in [0, 0.05) is 25.0 Å². The lowest BCUT2D eigenvalue weighted by atomic mass is 9.94. The molecule has 3 unspecified atom stereocenters. The van der Waals surface area contributed by atoms with Gasteiger partial charge < -0.3 is 14.6 Å². The first kappa shape index (κ1) is 14.1. The van der Waals surface area contributed by atoms with Crippen molar-refractivity contribution in [3.05, 3.63) is 22.7 Å². The topological polar surface area (TPSA) is 75.4 Å². The minimum atomic E-state index is -0.842. The van der Waals surface area contributed by atoms with Crippen LogP contribution in [-0.2, 0) is 4.79 Å². The summed E-state index contributed by atoms with van der Waals surface area (Å²) in [5.41, 5.74) is -0.196. The molecular weight excluding hydrogens is 270 g/mol. The average Bonchev–Trinajstić information content (AvgIpc) is 2.97. The van der Waals surface area contributed by atoms with Gasteiger partial charge in [0.1, 0.15) is 6.04 Å². The largest absolute Gasteiger partial charge is 0.480 e. The highest BCUT2D eigenvalue weighted by Gasteiger charge is 2.48. The summed E-state index contributed by atoms with van der Waals surface area (Å²) in [5, 5.41) is 9.58. The Kier molecular flexibility index (Phi) is 3.47.